The Balaban J connectivity index is 2.02. The van der Waals surface area contributed by atoms with Crippen LogP contribution < -0.4 is 20.1 Å². The molecule has 0 atom stereocenters. The summed E-state index contributed by atoms with van der Waals surface area (Å²) < 4.78 is 10.4. The molecule has 0 aliphatic rings. The zero-order valence-electron chi connectivity index (χ0n) is 13.0. The average Bonchev–Trinajstić information content (AvgIpc) is 2.95. The highest BCUT2D eigenvalue weighted by atomic mass is 32.1. The number of hydrogen-bond acceptors (Lipinski definition) is 5. The summed E-state index contributed by atoms with van der Waals surface area (Å²) in [6, 6.07) is 4.81. The first-order chi connectivity index (χ1) is 10.5. The Morgan fingerprint density at radius 1 is 1.18 bits per heavy atom. The predicted octanol–water partition coefficient (Wildman–Crippen LogP) is 3.93. The first kappa shape index (κ1) is 16.1. The summed E-state index contributed by atoms with van der Waals surface area (Å²) in [7, 11) is 3.11. The summed E-state index contributed by atoms with van der Waals surface area (Å²) in [5, 5.41) is 6.02. The van der Waals surface area contributed by atoms with Crippen molar-refractivity contribution in [2.45, 2.75) is 19.8 Å². The zero-order chi connectivity index (χ0) is 16.1. The Labute approximate surface area is 133 Å². The number of methoxy groups -OCH3 is 2. The maximum atomic E-state index is 12.0. The molecule has 0 saturated heterocycles. The van der Waals surface area contributed by atoms with Gasteiger partial charge in [-0.3, -0.25) is 5.32 Å². The molecule has 0 spiro atoms. The summed E-state index contributed by atoms with van der Waals surface area (Å²) in [5.41, 5.74) is 0.607. The van der Waals surface area contributed by atoms with E-state index in [0.29, 0.717) is 28.2 Å². The Bertz CT molecular complexity index is 655. The Kier molecular flexibility index (Phi) is 5.21. The topological polar surface area (TPSA) is 72.5 Å². The van der Waals surface area contributed by atoms with Crippen LogP contribution in [-0.2, 0) is 0 Å². The van der Waals surface area contributed by atoms with Gasteiger partial charge in [-0.25, -0.2) is 9.78 Å². The van der Waals surface area contributed by atoms with Crippen LogP contribution >= 0.6 is 11.3 Å². The highest BCUT2D eigenvalue weighted by Crippen LogP contribution is 2.30. The van der Waals surface area contributed by atoms with Gasteiger partial charge < -0.3 is 14.8 Å². The van der Waals surface area contributed by atoms with Crippen molar-refractivity contribution in [3.63, 3.8) is 0 Å². The molecule has 0 aliphatic heterocycles. The summed E-state index contributed by atoms with van der Waals surface area (Å²) >= 11 is 1.47. The van der Waals surface area contributed by atoms with E-state index in [0.717, 1.165) is 4.88 Å². The van der Waals surface area contributed by atoms with E-state index < -0.39 is 0 Å². The van der Waals surface area contributed by atoms with Gasteiger partial charge in [0.2, 0.25) is 0 Å². The predicted molar refractivity (Wildman–Crippen MR) is 88.4 cm³/mol. The largest absolute Gasteiger partial charge is 0.493 e. The molecule has 6 nitrogen and oxygen atoms in total. The second kappa shape index (κ2) is 7.13. The quantitative estimate of drug-likeness (QED) is 0.875. The van der Waals surface area contributed by atoms with Crippen molar-refractivity contribution >= 4 is 28.2 Å². The molecule has 1 aromatic carbocycles. The number of carbonyl (C=O) groups excluding carboxylic acids is 1. The molecule has 2 amide bonds. The lowest BCUT2D eigenvalue weighted by Crippen LogP contribution is -2.19. The average molecular weight is 321 g/mol. The number of thiazole rings is 1. The van der Waals surface area contributed by atoms with Crippen molar-refractivity contribution in [1.29, 1.82) is 0 Å². The molecule has 0 fully saturated rings. The van der Waals surface area contributed by atoms with Crippen molar-refractivity contribution in [2.75, 3.05) is 24.9 Å². The van der Waals surface area contributed by atoms with Gasteiger partial charge in [-0.05, 0) is 18.1 Å². The Morgan fingerprint density at radius 3 is 2.50 bits per heavy atom. The SMILES string of the molecule is COc1ccc(NC(=O)Nc2ncc(C(C)C)s2)cc1OC. The third-order valence-corrected chi connectivity index (χ3v) is 4.17. The number of urea groups is 1. The lowest BCUT2D eigenvalue weighted by molar-refractivity contribution is 0.262. The lowest BCUT2D eigenvalue weighted by Gasteiger charge is -2.10. The van der Waals surface area contributed by atoms with Crippen molar-refractivity contribution in [3.05, 3.63) is 29.3 Å². The molecule has 2 aromatic rings. The van der Waals surface area contributed by atoms with E-state index in [4.69, 9.17) is 9.47 Å². The van der Waals surface area contributed by atoms with Crippen LogP contribution in [0.4, 0.5) is 15.6 Å². The van der Waals surface area contributed by atoms with Crippen molar-refractivity contribution in [2.24, 2.45) is 0 Å². The monoisotopic (exact) mass is 321 g/mol. The first-order valence-electron chi connectivity index (χ1n) is 6.79. The molecular weight excluding hydrogens is 302 g/mol. The van der Waals surface area contributed by atoms with Crippen LogP contribution in [0.25, 0.3) is 0 Å². The molecular formula is C15H19N3O3S. The van der Waals surface area contributed by atoms with E-state index in [1.165, 1.54) is 11.3 Å². The fourth-order valence-corrected chi connectivity index (χ4v) is 2.60. The number of rotatable bonds is 5. The highest BCUT2D eigenvalue weighted by Gasteiger charge is 2.10. The van der Waals surface area contributed by atoms with Crippen LogP contribution in [0, 0.1) is 0 Å². The molecule has 0 unspecified atom stereocenters. The van der Waals surface area contributed by atoms with Gasteiger partial charge in [0.05, 0.1) is 14.2 Å². The minimum Gasteiger partial charge on any atom is -0.493 e. The van der Waals surface area contributed by atoms with Crippen molar-refractivity contribution in [3.8, 4) is 11.5 Å². The first-order valence-corrected chi connectivity index (χ1v) is 7.61. The van der Waals surface area contributed by atoms with Gasteiger partial charge in [0, 0.05) is 22.8 Å². The maximum Gasteiger partial charge on any atom is 0.325 e. The van der Waals surface area contributed by atoms with Crippen LogP contribution in [0.1, 0.15) is 24.6 Å². The molecule has 22 heavy (non-hydrogen) atoms. The number of nitrogens with one attached hydrogen (secondary N) is 2. The fraction of sp³-hybridized carbons (Fsp3) is 0.333. The second-order valence-electron chi connectivity index (χ2n) is 4.87. The molecule has 0 bridgehead atoms. The molecule has 2 N–H and O–H groups in total. The number of anilines is 2. The van der Waals surface area contributed by atoms with Crippen molar-refractivity contribution < 1.29 is 14.3 Å². The van der Waals surface area contributed by atoms with E-state index in [9.17, 15) is 4.79 Å². The van der Waals surface area contributed by atoms with Crippen LogP contribution in [0.5, 0.6) is 11.5 Å². The van der Waals surface area contributed by atoms with Gasteiger partial charge in [0.1, 0.15) is 0 Å². The summed E-state index contributed by atoms with van der Waals surface area (Å²) in [5.74, 6) is 1.55. The molecule has 1 heterocycles. The van der Waals surface area contributed by atoms with E-state index in [-0.39, 0.29) is 6.03 Å². The summed E-state index contributed by atoms with van der Waals surface area (Å²) in [4.78, 5) is 17.3. The smallest absolute Gasteiger partial charge is 0.325 e. The van der Waals surface area contributed by atoms with Crippen LogP contribution in [0.2, 0.25) is 0 Å². The maximum absolute atomic E-state index is 12.0. The minimum absolute atomic E-state index is 0.350. The standard InChI is InChI=1S/C15H19N3O3S/c1-9(2)13-8-16-15(22-13)18-14(19)17-10-5-6-11(20-3)12(7-10)21-4/h5-9H,1-4H3,(H2,16,17,18,19). The summed E-state index contributed by atoms with van der Waals surface area (Å²) in [6.45, 7) is 4.17. The van der Waals surface area contributed by atoms with E-state index >= 15 is 0 Å². The third kappa shape index (κ3) is 3.88. The number of amides is 2. The van der Waals surface area contributed by atoms with E-state index in [1.54, 1.807) is 38.6 Å². The van der Waals surface area contributed by atoms with Gasteiger partial charge >= 0.3 is 6.03 Å². The molecule has 118 valence electrons. The molecule has 0 saturated carbocycles. The number of hydrogen-bond donors (Lipinski definition) is 2. The van der Waals surface area contributed by atoms with Crippen LogP contribution in [-0.4, -0.2) is 25.2 Å². The molecule has 0 radical (unpaired) electrons. The van der Waals surface area contributed by atoms with E-state index in [2.05, 4.69) is 29.5 Å². The molecule has 2 rings (SSSR count). The van der Waals surface area contributed by atoms with Crippen LogP contribution in [0.15, 0.2) is 24.4 Å². The lowest BCUT2D eigenvalue weighted by atomic mass is 10.2. The Morgan fingerprint density at radius 2 is 1.91 bits per heavy atom. The van der Waals surface area contributed by atoms with Crippen LogP contribution in [0.3, 0.4) is 0 Å². The van der Waals surface area contributed by atoms with E-state index in [1.807, 2.05) is 0 Å². The number of nitrogens with zero attached hydrogens (tertiary/aromatic N) is 1. The Hall–Kier alpha value is -2.28. The fourth-order valence-electron chi connectivity index (χ4n) is 1.78. The minimum atomic E-state index is -0.350. The van der Waals surface area contributed by atoms with Gasteiger partial charge in [-0.15, -0.1) is 11.3 Å². The number of ether oxygens (including phenoxy) is 2. The molecule has 1 aromatic heterocycles. The van der Waals surface area contributed by atoms with Gasteiger partial charge in [-0.1, -0.05) is 13.8 Å². The zero-order valence-corrected chi connectivity index (χ0v) is 13.8. The highest BCUT2D eigenvalue weighted by molar-refractivity contribution is 7.15. The molecule has 7 heteroatoms. The number of aromatic nitrogens is 1. The second-order valence-corrected chi connectivity index (χ2v) is 5.93. The van der Waals surface area contributed by atoms with Crippen molar-refractivity contribution in [1.82, 2.24) is 4.98 Å². The van der Waals surface area contributed by atoms with Gasteiger partial charge in [0.25, 0.3) is 0 Å². The molecule has 0 aliphatic carbocycles. The third-order valence-electron chi connectivity index (χ3n) is 2.95. The van der Waals surface area contributed by atoms with Gasteiger partial charge in [-0.2, -0.15) is 0 Å². The summed E-state index contributed by atoms with van der Waals surface area (Å²) in [6.07, 6.45) is 1.78. The number of benzene rings is 1. The van der Waals surface area contributed by atoms with Gasteiger partial charge in [0.15, 0.2) is 16.6 Å². The normalized spacial score (nSPS) is 10.4. The number of carbonyl (C=O) groups is 1.